The van der Waals surface area contributed by atoms with Gasteiger partial charge in [-0.05, 0) is 57.3 Å². The van der Waals surface area contributed by atoms with Crippen molar-refractivity contribution < 1.29 is 0 Å². The van der Waals surface area contributed by atoms with Crippen molar-refractivity contribution >= 4 is 0 Å². The van der Waals surface area contributed by atoms with Crippen molar-refractivity contribution in [2.45, 2.75) is 18.3 Å². The zero-order valence-corrected chi connectivity index (χ0v) is 17.7. The van der Waals surface area contributed by atoms with Crippen molar-refractivity contribution in [3.63, 3.8) is 0 Å². The maximum atomic E-state index is 3.95. The smallest absolute Gasteiger partial charge is 0.0713 e. The number of benzene rings is 4. The summed E-state index contributed by atoms with van der Waals surface area (Å²) in [6, 6.07) is 35.8. The molecule has 0 saturated heterocycles. The van der Waals surface area contributed by atoms with Crippen LogP contribution in [-0.2, 0) is 18.3 Å². The Hall–Kier alpha value is -3.64. The monoisotopic (exact) mass is 398 g/mol. The summed E-state index contributed by atoms with van der Waals surface area (Å²) in [5.41, 5.74) is 10.2. The van der Waals surface area contributed by atoms with Crippen LogP contribution in [0.15, 0.2) is 122 Å². The summed E-state index contributed by atoms with van der Waals surface area (Å²) in [6.07, 6.45) is 5.69. The molecule has 0 amide bonds. The molecule has 0 atom stereocenters. The molecule has 1 aliphatic rings. The molecule has 4 aromatic carbocycles. The van der Waals surface area contributed by atoms with Crippen LogP contribution in [0.2, 0.25) is 0 Å². The van der Waals surface area contributed by atoms with Crippen molar-refractivity contribution in [3.8, 4) is 11.1 Å². The van der Waals surface area contributed by atoms with E-state index < -0.39 is 0 Å². The summed E-state index contributed by atoms with van der Waals surface area (Å²) >= 11 is 0. The molecular weight excluding hydrogens is 372 g/mol. The van der Waals surface area contributed by atoms with Gasteiger partial charge in [0.05, 0.1) is 5.41 Å². The van der Waals surface area contributed by atoms with Crippen LogP contribution in [0.4, 0.5) is 0 Å². The van der Waals surface area contributed by atoms with Gasteiger partial charge in [-0.15, -0.1) is 13.2 Å². The summed E-state index contributed by atoms with van der Waals surface area (Å²) in [5.74, 6) is 0. The molecule has 0 radical (unpaired) electrons. The van der Waals surface area contributed by atoms with Crippen molar-refractivity contribution in [3.05, 3.63) is 156 Å². The predicted octanol–water partition coefficient (Wildman–Crippen LogP) is 7.51. The quantitative estimate of drug-likeness (QED) is 0.260. The topological polar surface area (TPSA) is 0 Å². The summed E-state index contributed by atoms with van der Waals surface area (Å²) < 4.78 is 0. The molecule has 150 valence electrons. The van der Waals surface area contributed by atoms with Crippen LogP contribution in [0.25, 0.3) is 11.1 Å². The third kappa shape index (κ3) is 2.99. The Bertz CT molecular complexity index is 1170. The van der Waals surface area contributed by atoms with Gasteiger partial charge < -0.3 is 0 Å². The third-order valence-corrected chi connectivity index (χ3v) is 6.43. The highest BCUT2D eigenvalue weighted by atomic mass is 14.5. The Balaban J connectivity index is 1.90. The third-order valence-electron chi connectivity index (χ3n) is 6.43. The van der Waals surface area contributed by atoms with Crippen molar-refractivity contribution in [1.29, 1.82) is 0 Å². The van der Waals surface area contributed by atoms with E-state index in [0.29, 0.717) is 0 Å². The van der Waals surface area contributed by atoms with Crippen molar-refractivity contribution in [2.75, 3.05) is 0 Å². The molecular formula is C31H26. The lowest BCUT2D eigenvalue weighted by Gasteiger charge is -2.34. The molecule has 0 heteroatoms. The SMILES string of the molecule is C=CCc1cccc(C2(c3cccc(CC=C)c3)c3ccccc3-c3ccccc32)c1. The molecule has 31 heavy (non-hydrogen) atoms. The second-order valence-corrected chi connectivity index (χ2v) is 8.23. The van der Waals surface area contributed by atoms with Gasteiger partial charge in [-0.3, -0.25) is 0 Å². The lowest BCUT2D eigenvalue weighted by molar-refractivity contribution is 0.765. The van der Waals surface area contributed by atoms with E-state index in [1.807, 2.05) is 12.2 Å². The highest BCUT2D eigenvalue weighted by molar-refractivity contribution is 5.86. The first-order valence-corrected chi connectivity index (χ1v) is 10.9. The van der Waals surface area contributed by atoms with Gasteiger partial charge in [0.2, 0.25) is 0 Å². The fraction of sp³-hybridized carbons (Fsp3) is 0.0968. The molecule has 0 fully saturated rings. The molecule has 0 nitrogen and oxygen atoms in total. The fourth-order valence-electron chi connectivity index (χ4n) is 5.22. The zero-order valence-electron chi connectivity index (χ0n) is 17.7. The summed E-state index contributed by atoms with van der Waals surface area (Å²) in [4.78, 5) is 0. The van der Waals surface area contributed by atoms with Crippen LogP contribution in [0.5, 0.6) is 0 Å². The normalized spacial score (nSPS) is 13.3. The number of rotatable bonds is 6. The minimum Gasteiger partial charge on any atom is -0.103 e. The van der Waals surface area contributed by atoms with Gasteiger partial charge >= 0.3 is 0 Å². The fourth-order valence-corrected chi connectivity index (χ4v) is 5.22. The Labute approximate surface area is 185 Å². The molecule has 0 bridgehead atoms. The maximum absolute atomic E-state index is 3.95. The van der Waals surface area contributed by atoms with Crippen LogP contribution in [0.1, 0.15) is 33.4 Å². The van der Waals surface area contributed by atoms with Crippen molar-refractivity contribution in [2.24, 2.45) is 0 Å². The van der Waals surface area contributed by atoms with Gasteiger partial charge in [-0.1, -0.05) is 109 Å². The van der Waals surface area contributed by atoms with Crippen LogP contribution < -0.4 is 0 Å². The molecule has 5 rings (SSSR count). The lowest BCUT2D eigenvalue weighted by atomic mass is 9.67. The molecule has 0 aliphatic heterocycles. The Morgan fingerprint density at radius 1 is 0.548 bits per heavy atom. The summed E-state index contributed by atoms with van der Waals surface area (Å²) in [6.45, 7) is 7.91. The van der Waals surface area contributed by atoms with Crippen LogP contribution in [0, 0.1) is 0 Å². The standard InChI is InChI=1S/C31H26/c1-3-11-23-13-9-15-25(21-23)31(26-16-10-14-24(22-26)12-4-2)29-19-7-5-17-27(29)28-18-6-8-20-30(28)31/h3-10,13-22H,1-2,11-12H2. The molecule has 0 heterocycles. The number of hydrogen-bond donors (Lipinski definition) is 0. The first kappa shape index (κ1) is 19.3. The Morgan fingerprint density at radius 3 is 1.45 bits per heavy atom. The maximum Gasteiger partial charge on any atom is 0.0713 e. The van der Waals surface area contributed by atoms with Gasteiger partial charge in [-0.25, -0.2) is 0 Å². The number of allylic oxidation sites excluding steroid dienone is 2. The van der Waals surface area contributed by atoms with Crippen molar-refractivity contribution in [1.82, 2.24) is 0 Å². The zero-order chi connectivity index (χ0) is 21.3. The molecule has 4 aromatic rings. The van der Waals surface area contributed by atoms with Gasteiger partial charge in [0.1, 0.15) is 0 Å². The van der Waals surface area contributed by atoms with E-state index in [9.17, 15) is 0 Å². The molecule has 0 aromatic heterocycles. The van der Waals surface area contributed by atoms with E-state index in [4.69, 9.17) is 0 Å². The van der Waals surface area contributed by atoms with Crippen LogP contribution >= 0.6 is 0 Å². The first-order valence-electron chi connectivity index (χ1n) is 10.9. The van der Waals surface area contributed by atoms with E-state index in [0.717, 1.165) is 12.8 Å². The number of fused-ring (bicyclic) bond motifs is 3. The Morgan fingerprint density at radius 2 is 1.00 bits per heavy atom. The van der Waals surface area contributed by atoms with Gasteiger partial charge in [-0.2, -0.15) is 0 Å². The molecule has 0 saturated carbocycles. The summed E-state index contributed by atoms with van der Waals surface area (Å²) in [7, 11) is 0. The van der Waals surface area contributed by atoms with Gasteiger partial charge in [0.15, 0.2) is 0 Å². The van der Waals surface area contributed by atoms with Crippen LogP contribution in [-0.4, -0.2) is 0 Å². The highest BCUT2D eigenvalue weighted by Crippen LogP contribution is 2.56. The van der Waals surface area contributed by atoms with E-state index in [1.165, 1.54) is 44.5 Å². The Kier molecular flexibility index (Phi) is 4.92. The summed E-state index contributed by atoms with van der Waals surface area (Å²) in [5, 5.41) is 0. The minimum atomic E-state index is -0.346. The molecule has 0 unspecified atom stereocenters. The second-order valence-electron chi connectivity index (χ2n) is 8.23. The van der Waals surface area contributed by atoms with E-state index >= 15 is 0 Å². The van der Waals surface area contributed by atoms with E-state index in [1.54, 1.807) is 0 Å². The highest BCUT2D eigenvalue weighted by Gasteiger charge is 2.45. The van der Waals surface area contributed by atoms with Crippen LogP contribution in [0.3, 0.4) is 0 Å². The minimum absolute atomic E-state index is 0.346. The van der Waals surface area contributed by atoms with Gasteiger partial charge in [0, 0.05) is 0 Å². The average molecular weight is 399 g/mol. The largest absolute Gasteiger partial charge is 0.103 e. The first-order chi connectivity index (χ1) is 15.3. The van der Waals surface area contributed by atoms with E-state index in [2.05, 4.69) is 110 Å². The average Bonchev–Trinajstić information content (AvgIpc) is 3.11. The van der Waals surface area contributed by atoms with Gasteiger partial charge in [0.25, 0.3) is 0 Å². The predicted molar refractivity (Wildman–Crippen MR) is 132 cm³/mol. The van der Waals surface area contributed by atoms with E-state index in [-0.39, 0.29) is 5.41 Å². The molecule has 0 N–H and O–H groups in total. The molecule has 0 spiro atoms. The lowest BCUT2D eigenvalue weighted by Crippen LogP contribution is -2.28. The second kappa shape index (κ2) is 7.89. The number of hydrogen-bond acceptors (Lipinski definition) is 0. The molecule has 1 aliphatic carbocycles.